The van der Waals surface area contributed by atoms with E-state index in [2.05, 4.69) is 5.32 Å². The molecule has 1 aromatic carbocycles. The monoisotopic (exact) mass is 234 g/mol. The molecular weight excluding hydrogens is 220 g/mol. The molecule has 0 aromatic heterocycles. The van der Waals surface area contributed by atoms with Crippen LogP contribution in [-0.4, -0.2) is 28.7 Å². The summed E-state index contributed by atoms with van der Waals surface area (Å²) in [5.41, 5.74) is -0.307. The Balaban J connectivity index is 2.47. The molecule has 0 radical (unpaired) electrons. The fraction of sp³-hybridized carbons (Fsp3) is 0.333. The Morgan fingerprint density at radius 1 is 1.29 bits per heavy atom. The van der Waals surface area contributed by atoms with Gasteiger partial charge in [0.1, 0.15) is 12.3 Å². The summed E-state index contributed by atoms with van der Waals surface area (Å²) in [6.45, 7) is 1.23. The maximum absolute atomic E-state index is 12.2. The number of nitrogens with zero attached hydrogens (tertiary/aromatic N) is 1. The van der Waals surface area contributed by atoms with E-state index in [4.69, 9.17) is 5.11 Å². The quantitative estimate of drug-likeness (QED) is 0.760. The molecule has 0 saturated carbocycles. The van der Waals surface area contributed by atoms with Gasteiger partial charge in [0.05, 0.1) is 0 Å². The first kappa shape index (κ1) is 11.6. The van der Waals surface area contributed by atoms with E-state index < -0.39 is 24.2 Å². The molecule has 5 nitrogen and oxygen atoms in total. The predicted octanol–water partition coefficient (Wildman–Crippen LogP) is 0.794. The SMILES string of the molecule is CCC1(c2ccccc2)NC(=O)N(CO)C1=O. The summed E-state index contributed by atoms with van der Waals surface area (Å²) < 4.78 is 0. The summed E-state index contributed by atoms with van der Waals surface area (Å²) in [5, 5.41) is 11.7. The molecule has 1 aromatic rings. The third kappa shape index (κ3) is 1.59. The number of urea groups is 1. The summed E-state index contributed by atoms with van der Waals surface area (Å²) in [7, 11) is 0. The number of benzene rings is 1. The van der Waals surface area contributed by atoms with Crippen molar-refractivity contribution in [2.24, 2.45) is 0 Å². The van der Waals surface area contributed by atoms with Crippen molar-refractivity contribution in [1.82, 2.24) is 10.2 Å². The van der Waals surface area contributed by atoms with Crippen LogP contribution in [0.25, 0.3) is 0 Å². The molecule has 1 aliphatic rings. The summed E-state index contributed by atoms with van der Waals surface area (Å²) in [6.07, 6.45) is 0.443. The zero-order valence-electron chi connectivity index (χ0n) is 9.51. The van der Waals surface area contributed by atoms with Crippen LogP contribution in [0.3, 0.4) is 0 Å². The number of imide groups is 1. The fourth-order valence-corrected chi connectivity index (χ4v) is 2.12. The highest BCUT2D eigenvalue weighted by atomic mass is 16.3. The molecular formula is C12H14N2O3. The molecule has 1 heterocycles. The molecule has 1 unspecified atom stereocenters. The summed E-state index contributed by atoms with van der Waals surface area (Å²) in [5.74, 6) is -0.404. The van der Waals surface area contributed by atoms with Gasteiger partial charge in [0.2, 0.25) is 0 Å². The first-order valence-corrected chi connectivity index (χ1v) is 5.46. The van der Waals surface area contributed by atoms with Crippen molar-refractivity contribution in [2.75, 3.05) is 6.73 Å². The molecule has 0 bridgehead atoms. The number of carbonyl (C=O) groups is 2. The lowest BCUT2D eigenvalue weighted by Crippen LogP contribution is -2.43. The van der Waals surface area contributed by atoms with E-state index in [1.807, 2.05) is 25.1 Å². The molecule has 5 heteroatoms. The van der Waals surface area contributed by atoms with E-state index in [0.717, 1.165) is 10.5 Å². The van der Waals surface area contributed by atoms with Crippen molar-refractivity contribution in [3.63, 3.8) is 0 Å². The van der Waals surface area contributed by atoms with Crippen molar-refractivity contribution in [3.05, 3.63) is 35.9 Å². The highest BCUT2D eigenvalue weighted by molar-refractivity contribution is 6.07. The van der Waals surface area contributed by atoms with Gasteiger partial charge in [-0.2, -0.15) is 0 Å². The van der Waals surface area contributed by atoms with Gasteiger partial charge in [0, 0.05) is 0 Å². The zero-order chi connectivity index (χ0) is 12.5. The van der Waals surface area contributed by atoms with Gasteiger partial charge in [0.15, 0.2) is 0 Å². The van der Waals surface area contributed by atoms with Crippen LogP contribution in [0.2, 0.25) is 0 Å². The topological polar surface area (TPSA) is 69.6 Å². The Kier molecular flexibility index (Phi) is 2.85. The molecule has 17 heavy (non-hydrogen) atoms. The van der Waals surface area contributed by atoms with Crippen LogP contribution in [0.5, 0.6) is 0 Å². The minimum Gasteiger partial charge on any atom is -0.376 e. The third-order valence-corrected chi connectivity index (χ3v) is 3.11. The molecule has 2 rings (SSSR count). The summed E-state index contributed by atoms with van der Waals surface area (Å²) in [4.78, 5) is 24.6. The average molecular weight is 234 g/mol. The van der Waals surface area contributed by atoms with Gasteiger partial charge >= 0.3 is 6.03 Å². The summed E-state index contributed by atoms with van der Waals surface area (Å²) >= 11 is 0. The van der Waals surface area contributed by atoms with Crippen LogP contribution in [0.1, 0.15) is 18.9 Å². The number of nitrogens with one attached hydrogen (secondary N) is 1. The van der Waals surface area contributed by atoms with Gasteiger partial charge in [0.25, 0.3) is 5.91 Å². The number of hydrogen-bond acceptors (Lipinski definition) is 3. The molecule has 2 N–H and O–H groups in total. The molecule has 1 atom stereocenters. The van der Waals surface area contributed by atoms with Gasteiger partial charge < -0.3 is 10.4 Å². The van der Waals surface area contributed by atoms with Crippen LogP contribution < -0.4 is 5.32 Å². The second-order valence-electron chi connectivity index (χ2n) is 3.93. The maximum Gasteiger partial charge on any atom is 0.327 e. The van der Waals surface area contributed by atoms with Crippen LogP contribution in [0.15, 0.2) is 30.3 Å². The van der Waals surface area contributed by atoms with Crippen molar-refractivity contribution in [1.29, 1.82) is 0 Å². The van der Waals surface area contributed by atoms with Gasteiger partial charge in [-0.25, -0.2) is 9.69 Å². The lowest BCUT2D eigenvalue weighted by Gasteiger charge is -2.25. The first-order valence-electron chi connectivity index (χ1n) is 5.46. The Morgan fingerprint density at radius 3 is 2.41 bits per heavy atom. The number of amides is 3. The standard InChI is InChI=1S/C12H14N2O3/c1-2-12(9-6-4-3-5-7-9)10(16)14(8-15)11(17)13-12/h3-7,15H,2,8H2,1H3,(H,13,17). The molecule has 1 fully saturated rings. The van der Waals surface area contributed by atoms with Crippen LogP contribution in [0.4, 0.5) is 4.79 Å². The normalized spacial score (nSPS) is 24.0. The Labute approximate surface area is 99.0 Å². The molecule has 3 amide bonds. The predicted molar refractivity (Wildman–Crippen MR) is 60.9 cm³/mol. The van der Waals surface area contributed by atoms with Crippen LogP contribution in [-0.2, 0) is 10.3 Å². The molecule has 1 saturated heterocycles. The highest BCUT2D eigenvalue weighted by Gasteiger charge is 2.50. The lowest BCUT2D eigenvalue weighted by molar-refractivity contribution is -0.134. The second kappa shape index (κ2) is 4.18. The minimum absolute atomic E-state index is 0.404. The zero-order valence-corrected chi connectivity index (χ0v) is 9.51. The molecule has 0 aliphatic carbocycles. The van der Waals surface area contributed by atoms with Gasteiger partial charge in [-0.3, -0.25) is 4.79 Å². The number of aliphatic hydroxyl groups excluding tert-OH is 1. The van der Waals surface area contributed by atoms with E-state index in [1.165, 1.54) is 0 Å². The van der Waals surface area contributed by atoms with E-state index >= 15 is 0 Å². The number of carbonyl (C=O) groups excluding carboxylic acids is 2. The number of hydrogen-bond donors (Lipinski definition) is 2. The molecule has 0 spiro atoms. The summed E-state index contributed by atoms with van der Waals surface area (Å²) in [6, 6.07) is 8.51. The van der Waals surface area contributed by atoms with E-state index in [1.54, 1.807) is 12.1 Å². The van der Waals surface area contributed by atoms with E-state index in [9.17, 15) is 9.59 Å². The van der Waals surface area contributed by atoms with E-state index in [0.29, 0.717) is 6.42 Å². The van der Waals surface area contributed by atoms with Crippen LogP contribution >= 0.6 is 0 Å². The first-order chi connectivity index (χ1) is 8.15. The Bertz CT molecular complexity index is 446. The largest absolute Gasteiger partial charge is 0.376 e. The lowest BCUT2D eigenvalue weighted by atomic mass is 9.87. The Hall–Kier alpha value is -1.88. The Morgan fingerprint density at radius 2 is 1.94 bits per heavy atom. The van der Waals surface area contributed by atoms with Crippen molar-refractivity contribution >= 4 is 11.9 Å². The van der Waals surface area contributed by atoms with Gasteiger partial charge in [-0.1, -0.05) is 37.3 Å². The van der Waals surface area contributed by atoms with Gasteiger partial charge in [-0.05, 0) is 12.0 Å². The minimum atomic E-state index is -1.04. The number of aliphatic hydroxyl groups is 1. The smallest absolute Gasteiger partial charge is 0.327 e. The fourth-order valence-electron chi connectivity index (χ4n) is 2.12. The molecule has 1 aliphatic heterocycles. The van der Waals surface area contributed by atoms with E-state index in [-0.39, 0.29) is 0 Å². The van der Waals surface area contributed by atoms with Gasteiger partial charge in [-0.15, -0.1) is 0 Å². The van der Waals surface area contributed by atoms with Crippen LogP contribution in [0, 0.1) is 0 Å². The second-order valence-corrected chi connectivity index (χ2v) is 3.93. The third-order valence-electron chi connectivity index (χ3n) is 3.11. The number of rotatable bonds is 3. The van der Waals surface area contributed by atoms with Crippen molar-refractivity contribution in [3.8, 4) is 0 Å². The average Bonchev–Trinajstić information content (AvgIpc) is 2.62. The maximum atomic E-state index is 12.2. The van der Waals surface area contributed by atoms with Crippen molar-refractivity contribution in [2.45, 2.75) is 18.9 Å². The highest BCUT2D eigenvalue weighted by Crippen LogP contribution is 2.31. The molecule has 90 valence electrons. The van der Waals surface area contributed by atoms with Crippen molar-refractivity contribution < 1.29 is 14.7 Å².